The van der Waals surface area contributed by atoms with Crippen LogP contribution in [0.5, 0.6) is 5.75 Å². The fourth-order valence-electron chi connectivity index (χ4n) is 3.72. The highest BCUT2D eigenvalue weighted by atomic mass is 16.5. The first-order valence-electron chi connectivity index (χ1n) is 10.5. The van der Waals surface area contributed by atoms with Crippen molar-refractivity contribution in [1.82, 2.24) is 10.7 Å². The van der Waals surface area contributed by atoms with Crippen LogP contribution in [-0.4, -0.2) is 35.9 Å². The fraction of sp³-hybridized carbons (Fsp3) is 0.192. The zero-order chi connectivity index (χ0) is 22.7. The molecule has 162 valence electrons. The van der Waals surface area contributed by atoms with Crippen molar-refractivity contribution in [3.63, 3.8) is 0 Å². The molecule has 0 aromatic heterocycles. The third-order valence-corrected chi connectivity index (χ3v) is 5.56. The standard InChI is InChI=1S/C26H25N3O3/c1-17-4-8-19(9-5-17)16-29-24(20-10-6-18(2)7-11-20)23(26(31)28-29)27-25(30)21-12-14-22(32-3)15-13-21/h4-16,23-24H,1-3H3,(H-,27,28,30,31)/p+1/b29-16-/t23-,24+/m1/s1. The van der Waals surface area contributed by atoms with Gasteiger partial charge in [-0.05, 0) is 50.2 Å². The number of hydrazone groups is 1. The normalized spacial score (nSPS) is 19.0. The summed E-state index contributed by atoms with van der Waals surface area (Å²) in [5.41, 5.74) is 7.54. The van der Waals surface area contributed by atoms with Crippen LogP contribution >= 0.6 is 0 Å². The van der Waals surface area contributed by atoms with E-state index in [1.54, 1.807) is 36.1 Å². The molecule has 1 saturated heterocycles. The number of carbonyl (C=O) groups is 2. The lowest BCUT2D eigenvalue weighted by Gasteiger charge is -2.15. The lowest BCUT2D eigenvalue weighted by Crippen LogP contribution is -2.42. The monoisotopic (exact) mass is 428 g/mol. The van der Waals surface area contributed by atoms with Crippen LogP contribution in [0.25, 0.3) is 0 Å². The molecule has 2 N–H and O–H groups in total. The number of rotatable bonds is 5. The number of carbonyl (C=O) groups excluding carboxylic acids is 2. The van der Waals surface area contributed by atoms with Crippen molar-refractivity contribution in [2.45, 2.75) is 25.9 Å². The second-order valence-electron chi connectivity index (χ2n) is 7.96. The van der Waals surface area contributed by atoms with Crippen molar-refractivity contribution >= 4 is 18.0 Å². The average Bonchev–Trinajstić information content (AvgIpc) is 3.10. The van der Waals surface area contributed by atoms with Gasteiger partial charge in [0, 0.05) is 16.7 Å². The van der Waals surface area contributed by atoms with Gasteiger partial charge in [0.25, 0.3) is 5.91 Å². The van der Waals surface area contributed by atoms with Gasteiger partial charge in [0.15, 0.2) is 6.04 Å². The zero-order valence-corrected chi connectivity index (χ0v) is 18.3. The first-order valence-corrected chi connectivity index (χ1v) is 10.5. The summed E-state index contributed by atoms with van der Waals surface area (Å²) in [6.45, 7) is 4.04. The van der Waals surface area contributed by atoms with Crippen molar-refractivity contribution in [3.05, 3.63) is 101 Å². The maximum atomic E-state index is 12.9. The lowest BCUT2D eigenvalue weighted by atomic mass is 9.98. The molecule has 0 radical (unpaired) electrons. The maximum Gasteiger partial charge on any atom is 0.304 e. The van der Waals surface area contributed by atoms with E-state index in [1.807, 2.05) is 68.6 Å². The first kappa shape index (κ1) is 21.3. The van der Waals surface area contributed by atoms with Crippen LogP contribution in [0.4, 0.5) is 0 Å². The Morgan fingerprint density at radius 2 is 1.53 bits per heavy atom. The highest BCUT2D eigenvalue weighted by Gasteiger charge is 2.47. The summed E-state index contributed by atoms with van der Waals surface area (Å²) in [6, 6.07) is 21.7. The molecule has 0 saturated carbocycles. The SMILES string of the molecule is COc1ccc(C(=O)N[C@H]2C(=O)N/[N+](=C\c3ccc(C)cc3)[C@H]2c2ccc(C)cc2)cc1. The Balaban J connectivity index is 1.67. The first-order chi connectivity index (χ1) is 15.4. The Bertz CT molecular complexity index is 1150. The minimum atomic E-state index is -0.756. The predicted molar refractivity (Wildman–Crippen MR) is 123 cm³/mol. The molecule has 2 amide bonds. The summed E-state index contributed by atoms with van der Waals surface area (Å²) in [5.74, 6) is 0.0828. The molecule has 6 heteroatoms. The van der Waals surface area contributed by atoms with Crippen molar-refractivity contribution in [3.8, 4) is 5.75 Å². The lowest BCUT2D eigenvalue weighted by molar-refractivity contribution is -0.596. The van der Waals surface area contributed by atoms with E-state index in [1.165, 1.54) is 0 Å². The van der Waals surface area contributed by atoms with E-state index in [9.17, 15) is 9.59 Å². The van der Waals surface area contributed by atoms with Gasteiger partial charge in [0.05, 0.1) is 7.11 Å². The van der Waals surface area contributed by atoms with E-state index in [4.69, 9.17) is 4.74 Å². The fourth-order valence-corrected chi connectivity index (χ4v) is 3.72. The molecule has 6 nitrogen and oxygen atoms in total. The number of ether oxygens (including phenoxy) is 1. The molecule has 2 atom stereocenters. The van der Waals surface area contributed by atoms with Gasteiger partial charge >= 0.3 is 5.91 Å². The quantitative estimate of drug-likeness (QED) is 0.613. The van der Waals surface area contributed by atoms with Crippen molar-refractivity contribution in [2.75, 3.05) is 7.11 Å². The molecule has 3 aromatic carbocycles. The van der Waals surface area contributed by atoms with Gasteiger partial charge in [-0.2, -0.15) is 0 Å². The minimum Gasteiger partial charge on any atom is -0.497 e. The summed E-state index contributed by atoms with van der Waals surface area (Å²) in [5, 5.41) is 2.92. The van der Waals surface area contributed by atoms with E-state index < -0.39 is 12.1 Å². The summed E-state index contributed by atoms with van der Waals surface area (Å²) < 4.78 is 6.93. The summed E-state index contributed by atoms with van der Waals surface area (Å²) in [4.78, 5) is 25.9. The van der Waals surface area contributed by atoms with E-state index in [0.29, 0.717) is 11.3 Å². The highest BCUT2D eigenvalue weighted by molar-refractivity contribution is 5.98. The number of hydrogen-bond donors (Lipinski definition) is 2. The molecular weight excluding hydrogens is 402 g/mol. The van der Waals surface area contributed by atoms with E-state index in [0.717, 1.165) is 22.3 Å². The topological polar surface area (TPSA) is 70.4 Å². The van der Waals surface area contributed by atoms with Crippen molar-refractivity contribution in [1.29, 1.82) is 0 Å². The van der Waals surface area contributed by atoms with Crippen molar-refractivity contribution < 1.29 is 19.0 Å². The smallest absolute Gasteiger partial charge is 0.304 e. The van der Waals surface area contributed by atoms with Crippen molar-refractivity contribution in [2.24, 2.45) is 0 Å². The van der Waals surface area contributed by atoms with Crippen LogP contribution in [0.15, 0.2) is 72.8 Å². The number of nitrogens with zero attached hydrogens (tertiary/aromatic N) is 1. The van der Waals surface area contributed by atoms with Gasteiger partial charge in [-0.3, -0.25) is 9.59 Å². The molecule has 0 unspecified atom stereocenters. The van der Waals surface area contributed by atoms with E-state index in [-0.39, 0.29) is 11.8 Å². The van der Waals surface area contributed by atoms with Gasteiger partial charge < -0.3 is 10.1 Å². The van der Waals surface area contributed by atoms with Gasteiger partial charge in [0.1, 0.15) is 5.75 Å². The number of amides is 2. The van der Waals surface area contributed by atoms with Crippen LogP contribution in [0.1, 0.15) is 38.7 Å². The molecule has 0 spiro atoms. The average molecular weight is 429 g/mol. The van der Waals surface area contributed by atoms with Crippen LogP contribution in [0.3, 0.4) is 0 Å². The largest absolute Gasteiger partial charge is 0.497 e. The molecule has 4 rings (SSSR count). The molecule has 0 aliphatic carbocycles. The Morgan fingerprint density at radius 3 is 2.12 bits per heavy atom. The third kappa shape index (κ3) is 4.54. The molecule has 1 aliphatic heterocycles. The molecule has 1 heterocycles. The van der Waals surface area contributed by atoms with E-state index >= 15 is 0 Å². The molecule has 1 fully saturated rings. The van der Waals surface area contributed by atoms with E-state index in [2.05, 4.69) is 10.7 Å². The molecular formula is C26H26N3O3+. The second kappa shape index (κ2) is 9.06. The molecule has 0 bridgehead atoms. The summed E-state index contributed by atoms with van der Waals surface area (Å²) >= 11 is 0. The number of methoxy groups -OCH3 is 1. The number of benzene rings is 3. The Labute approximate surface area is 187 Å². The predicted octanol–water partition coefficient (Wildman–Crippen LogP) is 3.33. The number of nitrogens with one attached hydrogen (secondary N) is 2. The number of aryl methyl sites for hydroxylation is 2. The molecule has 3 aromatic rings. The zero-order valence-electron chi connectivity index (χ0n) is 18.3. The Hall–Kier alpha value is -3.93. The molecule has 32 heavy (non-hydrogen) atoms. The van der Waals surface area contributed by atoms with Crippen LogP contribution in [0, 0.1) is 13.8 Å². The second-order valence-corrected chi connectivity index (χ2v) is 7.96. The van der Waals surface area contributed by atoms with Gasteiger partial charge in [-0.15, -0.1) is 10.1 Å². The number of hydrazine groups is 1. The van der Waals surface area contributed by atoms with Crippen LogP contribution in [-0.2, 0) is 4.79 Å². The third-order valence-electron chi connectivity index (χ3n) is 5.56. The van der Waals surface area contributed by atoms with Gasteiger partial charge in [0.2, 0.25) is 12.3 Å². The minimum absolute atomic E-state index is 0.263. The maximum absolute atomic E-state index is 12.9. The van der Waals surface area contributed by atoms with Crippen LogP contribution in [0.2, 0.25) is 0 Å². The highest BCUT2D eigenvalue weighted by Crippen LogP contribution is 2.26. The number of hydrogen-bond acceptors (Lipinski definition) is 3. The Morgan fingerprint density at radius 1 is 0.938 bits per heavy atom. The Kier molecular flexibility index (Phi) is 6.03. The summed E-state index contributed by atoms with van der Waals surface area (Å²) in [7, 11) is 1.57. The summed E-state index contributed by atoms with van der Waals surface area (Å²) in [6.07, 6.45) is 1.89. The van der Waals surface area contributed by atoms with Gasteiger partial charge in [-0.25, -0.2) is 0 Å². The molecule has 1 aliphatic rings. The van der Waals surface area contributed by atoms with Gasteiger partial charge in [-0.1, -0.05) is 47.5 Å². The van der Waals surface area contributed by atoms with Crippen LogP contribution < -0.4 is 15.5 Å².